The Kier molecular flexibility index (Phi) is 9.09. The van der Waals surface area contributed by atoms with Crippen molar-refractivity contribution >= 4 is 0 Å². The summed E-state index contributed by atoms with van der Waals surface area (Å²) in [7, 11) is 0. The molecule has 4 rings (SSSR count). The number of phenols is 2. The Morgan fingerprint density at radius 3 is 0.844 bits per heavy atom. The molecule has 4 aromatic rings. The molecule has 0 saturated heterocycles. The fourth-order valence-electron chi connectivity index (χ4n) is 3.10. The highest BCUT2D eigenvalue weighted by Gasteiger charge is 1.97. The molecule has 2 heteroatoms. The number of aryl methyl sites for hydroxylation is 6. The molecule has 0 saturated carbocycles. The molecule has 0 aliphatic carbocycles. The molecule has 0 heterocycles. The van der Waals surface area contributed by atoms with Gasteiger partial charge >= 0.3 is 0 Å². The van der Waals surface area contributed by atoms with Crippen LogP contribution in [-0.2, 0) is 0 Å². The molecule has 0 fully saturated rings. The Balaban J connectivity index is 0.000000178. The van der Waals surface area contributed by atoms with E-state index in [4.69, 9.17) is 0 Å². The Morgan fingerprint density at radius 1 is 0.375 bits per heavy atom. The van der Waals surface area contributed by atoms with E-state index in [1.54, 1.807) is 0 Å². The molecule has 2 N–H and O–H groups in total. The summed E-state index contributed by atoms with van der Waals surface area (Å²) in [6, 6.07) is 28.7. The molecule has 0 bridgehead atoms. The third-order valence-corrected chi connectivity index (χ3v) is 5.32. The third-order valence-electron chi connectivity index (χ3n) is 5.32. The van der Waals surface area contributed by atoms with Crippen molar-refractivity contribution in [3.05, 3.63) is 118 Å². The molecule has 0 unspecified atom stereocenters. The van der Waals surface area contributed by atoms with Crippen molar-refractivity contribution in [3.63, 3.8) is 0 Å². The SMILES string of the molecule is Cc1ccc(-c2ccc(C)cc2)cc1.Cc1cccc(C)c1O.Cc1cccc(C)c1O. The second-order valence-corrected chi connectivity index (χ2v) is 8.21. The minimum Gasteiger partial charge on any atom is -0.507 e. The highest BCUT2D eigenvalue weighted by atomic mass is 16.3. The van der Waals surface area contributed by atoms with E-state index < -0.39 is 0 Å². The molecule has 0 amide bonds. The summed E-state index contributed by atoms with van der Waals surface area (Å²) in [5, 5.41) is 18.4. The Labute approximate surface area is 192 Å². The van der Waals surface area contributed by atoms with Crippen LogP contribution in [0.25, 0.3) is 11.1 Å². The van der Waals surface area contributed by atoms with Crippen molar-refractivity contribution in [2.24, 2.45) is 0 Å². The molecule has 4 aromatic carbocycles. The van der Waals surface area contributed by atoms with E-state index in [-0.39, 0.29) is 0 Å². The van der Waals surface area contributed by atoms with E-state index in [0.29, 0.717) is 11.5 Å². The first-order valence-corrected chi connectivity index (χ1v) is 10.8. The monoisotopic (exact) mass is 426 g/mol. The fourth-order valence-corrected chi connectivity index (χ4v) is 3.10. The predicted octanol–water partition coefficient (Wildman–Crippen LogP) is 7.99. The molecule has 0 aliphatic rings. The van der Waals surface area contributed by atoms with Crippen molar-refractivity contribution in [1.29, 1.82) is 0 Å². The molecule has 166 valence electrons. The van der Waals surface area contributed by atoms with Gasteiger partial charge in [-0.25, -0.2) is 0 Å². The van der Waals surface area contributed by atoms with Gasteiger partial charge in [-0.15, -0.1) is 0 Å². The average molecular weight is 427 g/mol. The van der Waals surface area contributed by atoms with Crippen molar-refractivity contribution in [2.75, 3.05) is 0 Å². The van der Waals surface area contributed by atoms with E-state index in [9.17, 15) is 10.2 Å². The second kappa shape index (κ2) is 11.8. The average Bonchev–Trinajstić information content (AvgIpc) is 2.78. The summed E-state index contributed by atoms with van der Waals surface area (Å²) in [5.74, 6) is 0.829. The number of para-hydroxylation sites is 2. The molecular formula is C30H34O2. The normalized spacial score (nSPS) is 9.81. The number of phenolic OH excluding ortho intramolecular Hbond substituents is 2. The second-order valence-electron chi connectivity index (χ2n) is 8.21. The number of benzene rings is 4. The first-order chi connectivity index (χ1) is 15.2. The Bertz CT molecular complexity index is 991. The summed E-state index contributed by atoms with van der Waals surface area (Å²) in [6.07, 6.45) is 0. The maximum atomic E-state index is 9.21. The summed E-state index contributed by atoms with van der Waals surface area (Å²) in [5.41, 5.74) is 8.95. The van der Waals surface area contributed by atoms with Gasteiger partial charge in [0, 0.05) is 0 Å². The largest absolute Gasteiger partial charge is 0.507 e. The molecular weight excluding hydrogens is 392 g/mol. The summed E-state index contributed by atoms with van der Waals surface area (Å²) >= 11 is 0. The Morgan fingerprint density at radius 2 is 0.625 bits per heavy atom. The van der Waals surface area contributed by atoms with Crippen LogP contribution in [0.2, 0.25) is 0 Å². The zero-order chi connectivity index (χ0) is 23.7. The summed E-state index contributed by atoms with van der Waals surface area (Å²) in [6.45, 7) is 11.8. The van der Waals surface area contributed by atoms with Crippen molar-refractivity contribution in [1.82, 2.24) is 0 Å². The maximum absolute atomic E-state index is 9.21. The molecule has 0 atom stereocenters. The van der Waals surface area contributed by atoms with Gasteiger partial charge in [0.05, 0.1) is 0 Å². The lowest BCUT2D eigenvalue weighted by molar-refractivity contribution is 0.466. The maximum Gasteiger partial charge on any atom is 0.121 e. The van der Waals surface area contributed by atoms with E-state index in [2.05, 4.69) is 62.4 Å². The topological polar surface area (TPSA) is 40.5 Å². The first kappa shape index (κ1) is 24.7. The highest BCUT2D eigenvalue weighted by Crippen LogP contribution is 2.21. The van der Waals surface area contributed by atoms with Crippen LogP contribution in [0, 0.1) is 41.5 Å². The molecule has 0 radical (unpaired) electrons. The lowest BCUT2D eigenvalue weighted by Gasteiger charge is -2.02. The molecule has 0 spiro atoms. The van der Waals surface area contributed by atoms with Crippen LogP contribution in [0.4, 0.5) is 0 Å². The zero-order valence-corrected chi connectivity index (χ0v) is 20.0. The minimum atomic E-state index is 0.414. The zero-order valence-electron chi connectivity index (χ0n) is 20.0. The molecule has 32 heavy (non-hydrogen) atoms. The standard InChI is InChI=1S/C14H14.2C8H10O/c1-11-3-7-13(8-4-11)14-9-5-12(2)6-10-14;2*1-6-4-3-5-7(2)8(6)9/h3-10H,1-2H3;2*3-5,9H,1-2H3. The molecule has 0 aliphatic heterocycles. The minimum absolute atomic E-state index is 0.414. The van der Waals surface area contributed by atoms with E-state index in [0.717, 1.165) is 22.3 Å². The quantitative estimate of drug-likeness (QED) is 0.324. The highest BCUT2D eigenvalue weighted by molar-refractivity contribution is 5.63. The van der Waals surface area contributed by atoms with Crippen LogP contribution in [-0.4, -0.2) is 10.2 Å². The van der Waals surface area contributed by atoms with Crippen molar-refractivity contribution in [3.8, 4) is 22.6 Å². The van der Waals surface area contributed by atoms with Gasteiger partial charge in [0.2, 0.25) is 0 Å². The Hall–Kier alpha value is -3.52. The van der Waals surface area contributed by atoms with Gasteiger partial charge in [0.25, 0.3) is 0 Å². The van der Waals surface area contributed by atoms with Gasteiger partial charge in [0.15, 0.2) is 0 Å². The fraction of sp³-hybridized carbons (Fsp3) is 0.200. The number of hydrogen-bond donors (Lipinski definition) is 2. The summed E-state index contributed by atoms with van der Waals surface area (Å²) in [4.78, 5) is 0. The smallest absolute Gasteiger partial charge is 0.121 e. The van der Waals surface area contributed by atoms with Crippen molar-refractivity contribution < 1.29 is 10.2 Å². The van der Waals surface area contributed by atoms with Gasteiger partial charge in [-0.1, -0.05) is 96.1 Å². The van der Waals surface area contributed by atoms with Crippen LogP contribution >= 0.6 is 0 Å². The predicted molar refractivity (Wildman–Crippen MR) is 137 cm³/mol. The van der Waals surface area contributed by atoms with Crippen LogP contribution in [0.15, 0.2) is 84.9 Å². The number of aromatic hydroxyl groups is 2. The molecule has 2 nitrogen and oxygen atoms in total. The lowest BCUT2D eigenvalue weighted by Crippen LogP contribution is -1.78. The van der Waals surface area contributed by atoms with Crippen LogP contribution in [0.1, 0.15) is 33.4 Å². The van der Waals surface area contributed by atoms with Crippen LogP contribution < -0.4 is 0 Å². The van der Waals surface area contributed by atoms with Gasteiger partial charge in [-0.2, -0.15) is 0 Å². The van der Waals surface area contributed by atoms with Crippen LogP contribution in [0.3, 0.4) is 0 Å². The number of hydrogen-bond acceptors (Lipinski definition) is 2. The lowest BCUT2D eigenvalue weighted by atomic mass is 10.0. The molecule has 0 aromatic heterocycles. The van der Waals surface area contributed by atoms with Gasteiger partial charge in [-0.3, -0.25) is 0 Å². The third kappa shape index (κ3) is 7.31. The summed E-state index contributed by atoms with van der Waals surface area (Å²) < 4.78 is 0. The van der Waals surface area contributed by atoms with Gasteiger partial charge in [0.1, 0.15) is 11.5 Å². The first-order valence-electron chi connectivity index (χ1n) is 10.8. The van der Waals surface area contributed by atoms with Gasteiger partial charge in [-0.05, 0) is 74.9 Å². The van der Waals surface area contributed by atoms with E-state index in [1.807, 2.05) is 64.1 Å². The van der Waals surface area contributed by atoms with Gasteiger partial charge < -0.3 is 10.2 Å². The number of rotatable bonds is 1. The van der Waals surface area contributed by atoms with E-state index >= 15 is 0 Å². The van der Waals surface area contributed by atoms with Crippen molar-refractivity contribution in [2.45, 2.75) is 41.5 Å². The van der Waals surface area contributed by atoms with E-state index in [1.165, 1.54) is 22.3 Å². The van der Waals surface area contributed by atoms with Crippen LogP contribution in [0.5, 0.6) is 11.5 Å².